The molecule has 1 N–H and O–H groups in total. The number of rotatable bonds is 5. The number of nitrogens with zero attached hydrogens (tertiary/aromatic N) is 4. The molecule has 1 aromatic heterocycles. The number of hydrogen-bond acceptors (Lipinski definition) is 5. The van der Waals surface area contributed by atoms with E-state index in [0.717, 1.165) is 38.3 Å². The summed E-state index contributed by atoms with van der Waals surface area (Å²) in [4.78, 5) is 20.2. The molecule has 1 amide bonds. The highest BCUT2D eigenvalue weighted by Crippen LogP contribution is 1.99. The van der Waals surface area contributed by atoms with Crippen molar-refractivity contribution in [1.29, 1.82) is 0 Å². The molecule has 0 saturated carbocycles. The molecule has 0 bridgehead atoms. The van der Waals surface area contributed by atoms with E-state index in [1.54, 1.807) is 18.6 Å². The summed E-state index contributed by atoms with van der Waals surface area (Å²) in [5.74, 6) is -0.0518. The van der Waals surface area contributed by atoms with Crippen LogP contribution in [0.2, 0.25) is 0 Å². The number of pyridine rings is 1. The molecule has 2 rings (SSSR count). The molecule has 0 unspecified atom stereocenters. The van der Waals surface area contributed by atoms with E-state index < -0.39 is 0 Å². The Morgan fingerprint density at radius 2 is 2.25 bits per heavy atom. The summed E-state index contributed by atoms with van der Waals surface area (Å²) in [6, 6.07) is 3.71. The molecule has 0 aromatic carbocycles. The Hall–Kier alpha value is -1.79. The van der Waals surface area contributed by atoms with Crippen molar-refractivity contribution in [3.8, 4) is 0 Å². The third-order valence-electron chi connectivity index (χ3n) is 3.34. The Kier molecular flexibility index (Phi) is 5.64. The first-order valence-electron chi connectivity index (χ1n) is 6.87. The Balaban J connectivity index is 1.64. The van der Waals surface area contributed by atoms with Crippen molar-refractivity contribution >= 4 is 12.1 Å². The predicted molar refractivity (Wildman–Crippen MR) is 78.5 cm³/mol. The Morgan fingerprint density at radius 3 is 2.95 bits per heavy atom. The van der Waals surface area contributed by atoms with E-state index in [0.29, 0.717) is 6.42 Å². The molecule has 1 aliphatic heterocycles. The largest absolute Gasteiger partial charge is 0.304 e. The maximum Gasteiger partial charge on any atom is 0.241 e. The molecule has 0 radical (unpaired) electrons. The van der Waals surface area contributed by atoms with Crippen molar-refractivity contribution < 1.29 is 4.79 Å². The van der Waals surface area contributed by atoms with E-state index in [2.05, 4.69) is 32.4 Å². The van der Waals surface area contributed by atoms with Gasteiger partial charge >= 0.3 is 0 Å². The summed E-state index contributed by atoms with van der Waals surface area (Å²) in [7, 11) is 2.12. The summed E-state index contributed by atoms with van der Waals surface area (Å²) in [6.45, 7) is 5.00. The number of amides is 1. The average Bonchev–Trinajstić information content (AvgIpc) is 2.48. The van der Waals surface area contributed by atoms with Crippen molar-refractivity contribution in [2.75, 3.05) is 39.8 Å². The number of piperazine rings is 1. The highest BCUT2D eigenvalue weighted by atomic mass is 16.2. The van der Waals surface area contributed by atoms with Crippen LogP contribution in [0, 0.1) is 0 Å². The molecule has 1 aliphatic rings. The lowest BCUT2D eigenvalue weighted by molar-refractivity contribution is -0.121. The summed E-state index contributed by atoms with van der Waals surface area (Å²) in [6.07, 6.45) is 5.47. The minimum Gasteiger partial charge on any atom is -0.304 e. The van der Waals surface area contributed by atoms with Gasteiger partial charge < -0.3 is 9.80 Å². The molecule has 1 fully saturated rings. The smallest absolute Gasteiger partial charge is 0.241 e. The van der Waals surface area contributed by atoms with Gasteiger partial charge in [-0.05, 0) is 13.1 Å². The molecule has 108 valence electrons. The highest BCUT2D eigenvalue weighted by molar-refractivity contribution is 5.81. The van der Waals surface area contributed by atoms with Crippen LogP contribution >= 0.6 is 0 Å². The predicted octanol–water partition coefficient (Wildman–Crippen LogP) is 0.169. The zero-order valence-electron chi connectivity index (χ0n) is 11.8. The first-order chi connectivity index (χ1) is 9.74. The van der Waals surface area contributed by atoms with Crippen LogP contribution in [0.5, 0.6) is 0 Å². The summed E-state index contributed by atoms with van der Waals surface area (Å²) in [5.41, 5.74) is 3.41. The molecule has 1 saturated heterocycles. The standard InChI is InChI=1S/C14H21N5O/c1-18-7-9-19(10-8-18)6-4-14(20)17-16-12-13-3-2-5-15-11-13/h2-3,5,11-12H,4,6-10H2,1H3,(H,17,20)/b16-12+. The van der Waals surface area contributed by atoms with Crippen LogP contribution in [0.25, 0.3) is 0 Å². The van der Waals surface area contributed by atoms with Gasteiger partial charge in [-0.25, -0.2) is 5.43 Å². The number of aromatic nitrogens is 1. The second-order valence-electron chi connectivity index (χ2n) is 4.97. The molecule has 0 atom stereocenters. The van der Waals surface area contributed by atoms with E-state index >= 15 is 0 Å². The topological polar surface area (TPSA) is 60.8 Å². The van der Waals surface area contributed by atoms with E-state index in [9.17, 15) is 4.79 Å². The lowest BCUT2D eigenvalue weighted by Crippen LogP contribution is -2.45. The van der Waals surface area contributed by atoms with Gasteiger partial charge in [0.05, 0.1) is 6.21 Å². The molecule has 2 heterocycles. The normalized spacial score (nSPS) is 17.4. The van der Waals surface area contributed by atoms with Crippen molar-refractivity contribution in [1.82, 2.24) is 20.2 Å². The molecular formula is C14H21N5O. The molecular weight excluding hydrogens is 254 g/mol. The summed E-state index contributed by atoms with van der Waals surface area (Å²) < 4.78 is 0. The first kappa shape index (κ1) is 14.6. The van der Waals surface area contributed by atoms with Gasteiger partial charge in [0, 0.05) is 57.1 Å². The number of hydrazone groups is 1. The Morgan fingerprint density at radius 1 is 1.45 bits per heavy atom. The number of hydrogen-bond donors (Lipinski definition) is 1. The second-order valence-corrected chi connectivity index (χ2v) is 4.97. The minimum atomic E-state index is -0.0518. The maximum atomic E-state index is 11.7. The second kappa shape index (κ2) is 7.72. The zero-order chi connectivity index (χ0) is 14.2. The number of carbonyl (C=O) groups excluding carboxylic acids is 1. The van der Waals surface area contributed by atoms with E-state index in [1.165, 1.54) is 0 Å². The molecule has 20 heavy (non-hydrogen) atoms. The van der Waals surface area contributed by atoms with Gasteiger partial charge in [-0.1, -0.05) is 6.07 Å². The lowest BCUT2D eigenvalue weighted by atomic mass is 10.3. The van der Waals surface area contributed by atoms with E-state index in [1.807, 2.05) is 12.1 Å². The fourth-order valence-electron chi connectivity index (χ4n) is 2.02. The van der Waals surface area contributed by atoms with Gasteiger partial charge in [0.1, 0.15) is 0 Å². The van der Waals surface area contributed by atoms with Crippen molar-refractivity contribution in [2.45, 2.75) is 6.42 Å². The van der Waals surface area contributed by atoms with Crippen molar-refractivity contribution in [3.63, 3.8) is 0 Å². The fraction of sp³-hybridized carbons (Fsp3) is 0.500. The van der Waals surface area contributed by atoms with E-state index in [4.69, 9.17) is 0 Å². The SMILES string of the molecule is CN1CCN(CCC(=O)N/N=C/c2cccnc2)CC1. The third kappa shape index (κ3) is 5.07. The minimum absolute atomic E-state index is 0.0518. The quantitative estimate of drug-likeness (QED) is 0.615. The zero-order valence-corrected chi connectivity index (χ0v) is 11.8. The van der Waals surface area contributed by atoms with Crippen LogP contribution < -0.4 is 5.43 Å². The number of carbonyl (C=O) groups is 1. The third-order valence-corrected chi connectivity index (χ3v) is 3.34. The monoisotopic (exact) mass is 275 g/mol. The fourth-order valence-corrected chi connectivity index (χ4v) is 2.02. The maximum absolute atomic E-state index is 11.7. The molecule has 0 aliphatic carbocycles. The number of likely N-dealkylation sites (N-methyl/N-ethyl adjacent to an activating group) is 1. The molecule has 0 spiro atoms. The molecule has 6 heteroatoms. The molecule has 6 nitrogen and oxygen atoms in total. The van der Waals surface area contributed by atoms with Crippen LogP contribution in [-0.4, -0.2) is 66.7 Å². The first-order valence-corrected chi connectivity index (χ1v) is 6.87. The molecule has 1 aromatic rings. The average molecular weight is 275 g/mol. The van der Waals surface area contributed by atoms with Crippen molar-refractivity contribution in [2.24, 2.45) is 5.10 Å². The van der Waals surface area contributed by atoms with Gasteiger partial charge in [0.2, 0.25) is 5.91 Å². The van der Waals surface area contributed by atoms with Gasteiger partial charge in [0.15, 0.2) is 0 Å². The van der Waals surface area contributed by atoms with Crippen molar-refractivity contribution in [3.05, 3.63) is 30.1 Å². The van der Waals surface area contributed by atoms with Gasteiger partial charge in [-0.2, -0.15) is 5.10 Å². The summed E-state index contributed by atoms with van der Waals surface area (Å²) in [5, 5.41) is 3.93. The van der Waals surface area contributed by atoms with Crippen LogP contribution in [0.4, 0.5) is 0 Å². The Labute approximate surface area is 119 Å². The van der Waals surface area contributed by atoms with Crippen LogP contribution in [-0.2, 0) is 4.79 Å². The highest BCUT2D eigenvalue weighted by Gasteiger charge is 2.14. The van der Waals surface area contributed by atoms with Gasteiger partial charge in [0.25, 0.3) is 0 Å². The van der Waals surface area contributed by atoms with Crippen LogP contribution in [0.15, 0.2) is 29.6 Å². The van der Waals surface area contributed by atoms with Gasteiger partial charge in [-0.3, -0.25) is 9.78 Å². The van der Waals surface area contributed by atoms with Crippen LogP contribution in [0.1, 0.15) is 12.0 Å². The lowest BCUT2D eigenvalue weighted by Gasteiger charge is -2.32. The van der Waals surface area contributed by atoms with Gasteiger partial charge in [-0.15, -0.1) is 0 Å². The van der Waals surface area contributed by atoms with Crippen LogP contribution in [0.3, 0.4) is 0 Å². The summed E-state index contributed by atoms with van der Waals surface area (Å²) >= 11 is 0. The van der Waals surface area contributed by atoms with E-state index in [-0.39, 0.29) is 5.91 Å². The Bertz CT molecular complexity index is 440. The number of nitrogens with one attached hydrogen (secondary N) is 1.